The highest BCUT2D eigenvalue weighted by molar-refractivity contribution is 7.92. The zero-order valence-corrected chi connectivity index (χ0v) is 27.9. The highest BCUT2D eigenvalue weighted by atomic mass is 35.5. The van der Waals surface area contributed by atoms with Gasteiger partial charge in [0.1, 0.15) is 12.6 Å². The first-order valence-corrected chi connectivity index (χ1v) is 17.1. The molecule has 0 unspecified atom stereocenters. The van der Waals surface area contributed by atoms with Crippen molar-refractivity contribution < 1.29 is 22.9 Å². The lowest BCUT2D eigenvalue weighted by atomic mass is 10.0. The van der Waals surface area contributed by atoms with E-state index in [0.29, 0.717) is 17.1 Å². The molecule has 4 aromatic carbocycles. The van der Waals surface area contributed by atoms with Crippen molar-refractivity contribution >= 4 is 56.4 Å². The number of benzene rings is 4. The van der Waals surface area contributed by atoms with Crippen molar-refractivity contribution in [2.24, 2.45) is 0 Å². The van der Waals surface area contributed by atoms with E-state index in [2.05, 4.69) is 5.32 Å². The van der Waals surface area contributed by atoms with Gasteiger partial charge in [-0.3, -0.25) is 24.0 Å². The van der Waals surface area contributed by atoms with Crippen LogP contribution in [0.3, 0.4) is 0 Å². The van der Waals surface area contributed by atoms with Crippen LogP contribution in [0.4, 0.5) is 11.4 Å². The first kappa shape index (κ1) is 35.4. The molecule has 0 aliphatic rings. The summed E-state index contributed by atoms with van der Waals surface area (Å²) in [5.74, 6) is -1.15. The SMILES string of the molecule is CCCCNC(=O)[C@H](Cc1ccccc1)N(Cc1ccc(Cl)cc1Cl)C(=O)CN(c1cccc([N+](=O)[O-])c1)S(=O)(=O)c1ccccc1. The molecule has 0 aliphatic heterocycles. The maximum absolute atomic E-state index is 14.5. The summed E-state index contributed by atoms with van der Waals surface area (Å²) in [5, 5.41) is 15.2. The number of nitro benzene ring substituents is 1. The van der Waals surface area contributed by atoms with E-state index >= 15 is 0 Å². The van der Waals surface area contributed by atoms with Crippen LogP contribution in [0, 0.1) is 10.1 Å². The second-order valence-corrected chi connectivity index (χ2v) is 13.4. The van der Waals surface area contributed by atoms with Crippen molar-refractivity contribution in [1.82, 2.24) is 10.2 Å². The average Bonchev–Trinajstić information content (AvgIpc) is 3.06. The number of nitrogens with zero attached hydrogens (tertiary/aromatic N) is 3. The van der Waals surface area contributed by atoms with Crippen molar-refractivity contribution in [3.05, 3.63) is 134 Å². The first-order chi connectivity index (χ1) is 22.5. The van der Waals surface area contributed by atoms with Gasteiger partial charge in [0.15, 0.2) is 0 Å². The summed E-state index contributed by atoms with van der Waals surface area (Å²) in [6.45, 7) is 1.45. The Kier molecular flexibility index (Phi) is 12.4. The lowest BCUT2D eigenvalue weighted by molar-refractivity contribution is -0.384. The minimum Gasteiger partial charge on any atom is -0.354 e. The number of nitro groups is 1. The molecule has 0 bridgehead atoms. The lowest BCUT2D eigenvalue weighted by Gasteiger charge is -2.34. The number of non-ortho nitro benzene ring substituents is 1. The molecule has 1 atom stereocenters. The highest BCUT2D eigenvalue weighted by Gasteiger charge is 2.35. The third-order valence-corrected chi connectivity index (χ3v) is 9.77. The van der Waals surface area contributed by atoms with Crippen LogP contribution in [0.2, 0.25) is 10.0 Å². The van der Waals surface area contributed by atoms with Crippen LogP contribution in [0.15, 0.2) is 108 Å². The molecule has 13 heteroatoms. The highest BCUT2D eigenvalue weighted by Crippen LogP contribution is 2.29. The van der Waals surface area contributed by atoms with Crippen LogP contribution in [-0.2, 0) is 32.6 Å². The Hall–Kier alpha value is -4.45. The minimum atomic E-state index is -4.42. The molecule has 10 nitrogen and oxygen atoms in total. The fraction of sp³-hybridized carbons (Fsp3) is 0.235. The summed E-state index contributed by atoms with van der Waals surface area (Å²) >= 11 is 12.7. The monoisotopic (exact) mass is 696 g/mol. The van der Waals surface area contributed by atoms with E-state index in [1.54, 1.807) is 18.2 Å². The smallest absolute Gasteiger partial charge is 0.271 e. The number of hydrogen-bond donors (Lipinski definition) is 1. The molecule has 0 spiro atoms. The van der Waals surface area contributed by atoms with E-state index in [1.165, 1.54) is 53.4 Å². The Bertz CT molecular complexity index is 1810. The van der Waals surface area contributed by atoms with E-state index in [-0.39, 0.29) is 34.3 Å². The molecule has 0 fully saturated rings. The average molecular weight is 698 g/mol. The van der Waals surface area contributed by atoms with Crippen LogP contribution in [0.25, 0.3) is 0 Å². The summed E-state index contributed by atoms with van der Waals surface area (Å²) in [4.78, 5) is 40.5. The number of halogens is 2. The maximum Gasteiger partial charge on any atom is 0.271 e. The largest absolute Gasteiger partial charge is 0.354 e. The number of rotatable bonds is 15. The van der Waals surface area contributed by atoms with Gasteiger partial charge >= 0.3 is 0 Å². The zero-order valence-electron chi connectivity index (χ0n) is 25.6. The molecule has 246 valence electrons. The molecular weight excluding hydrogens is 663 g/mol. The van der Waals surface area contributed by atoms with Crippen LogP contribution in [0.1, 0.15) is 30.9 Å². The molecule has 0 saturated carbocycles. The van der Waals surface area contributed by atoms with Gasteiger partial charge in [-0.15, -0.1) is 0 Å². The second kappa shape index (κ2) is 16.4. The standard InChI is InChI=1S/C34H34Cl2N4O6S/c1-2-3-19-37-34(42)32(20-25-11-6-4-7-12-25)38(23-26-17-18-27(35)21-31(26)36)33(41)24-39(28-13-10-14-29(22-28)40(43)44)47(45,46)30-15-8-5-9-16-30/h4-18,21-22,32H,2-3,19-20,23-24H2,1H3,(H,37,42)/t32-/m0/s1. The fourth-order valence-electron chi connectivity index (χ4n) is 4.90. The van der Waals surface area contributed by atoms with Crippen molar-refractivity contribution in [1.29, 1.82) is 0 Å². The number of hydrogen-bond acceptors (Lipinski definition) is 6. The van der Waals surface area contributed by atoms with Gasteiger partial charge in [0.2, 0.25) is 11.8 Å². The second-order valence-electron chi connectivity index (χ2n) is 10.7. The lowest BCUT2D eigenvalue weighted by Crippen LogP contribution is -2.53. The molecule has 0 saturated heterocycles. The molecular formula is C34H34Cl2N4O6S. The molecule has 0 aromatic heterocycles. The van der Waals surface area contributed by atoms with Gasteiger partial charge in [-0.25, -0.2) is 8.42 Å². The van der Waals surface area contributed by atoms with Gasteiger partial charge in [-0.2, -0.15) is 0 Å². The Morgan fingerprint density at radius 1 is 0.915 bits per heavy atom. The van der Waals surface area contributed by atoms with Gasteiger partial charge in [-0.05, 0) is 47.9 Å². The molecule has 0 radical (unpaired) electrons. The summed E-state index contributed by atoms with van der Waals surface area (Å²) in [5.41, 5.74) is 0.811. The van der Waals surface area contributed by atoms with E-state index in [1.807, 2.05) is 37.3 Å². The van der Waals surface area contributed by atoms with Gasteiger partial charge in [0.25, 0.3) is 15.7 Å². The predicted molar refractivity (Wildman–Crippen MR) is 183 cm³/mol. The Morgan fingerprint density at radius 2 is 1.60 bits per heavy atom. The number of amides is 2. The Labute approximate surface area is 284 Å². The van der Waals surface area contributed by atoms with E-state index < -0.39 is 39.3 Å². The number of sulfonamides is 1. The van der Waals surface area contributed by atoms with Crippen LogP contribution < -0.4 is 9.62 Å². The number of nitrogens with one attached hydrogen (secondary N) is 1. The summed E-state index contributed by atoms with van der Waals surface area (Å²) in [6.07, 6.45) is 1.68. The molecule has 4 rings (SSSR count). The van der Waals surface area contributed by atoms with Gasteiger partial charge in [0, 0.05) is 41.7 Å². The number of carbonyl (C=O) groups is 2. The van der Waals surface area contributed by atoms with Crippen molar-refractivity contribution in [3.8, 4) is 0 Å². The molecule has 1 N–H and O–H groups in total. The van der Waals surface area contributed by atoms with Gasteiger partial charge in [0.05, 0.1) is 15.5 Å². The fourth-order valence-corrected chi connectivity index (χ4v) is 6.80. The maximum atomic E-state index is 14.5. The van der Waals surface area contributed by atoms with Crippen molar-refractivity contribution in [2.45, 2.75) is 43.7 Å². The molecule has 0 aliphatic carbocycles. The normalized spacial score (nSPS) is 11.8. The van der Waals surface area contributed by atoms with Gasteiger partial charge < -0.3 is 10.2 Å². The predicted octanol–water partition coefficient (Wildman–Crippen LogP) is 6.65. The molecule has 47 heavy (non-hydrogen) atoms. The summed E-state index contributed by atoms with van der Waals surface area (Å²) in [7, 11) is -4.42. The minimum absolute atomic E-state index is 0.0899. The summed E-state index contributed by atoms with van der Waals surface area (Å²) < 4.78 is 28.9. The topological polar surface area (TPSA) is 130 Å². The van der Waals surface area contributed by atoms with E-state index in [4.69, 9.17) is 23.2 Å². The Morgan fingerprint density at radius 3 is 2.23 bits per heavy atom. The summed E-state index contributed by atoms with van der Waals surface area (Å²) in [6, 6.07) is 25.3. The molecule has 0 heterocycles. The quantitative estimate of drug-likeness (QED) is 0.0841. The van der Waals surface area contributed by atoms with E-state index in [9.17, 15) is 28.1 Å². The van der Waals surface area contributed by atoms with E-state index in [0.717, 1.165) is 28.8 Å². The number of carbonyl (C=O) groups excluding carboxylic acids is 2. The molecule has 4 aromatic rings. The Balaban J connectivity index is 1.83. The van der Waals surface area contributed by atoms with Crippen molar-refractivity contribution in [2.75, 3.05) is 17.4 Å². The third-order valence-electron chi connectivity index (χ3n) is 7.40. The molecule has 2 amide bonds. The van der Waals surface area contributed by atoms with Crippen LogP contribution in [-0.4, -0.2) is 49.2 Å². The zero-order chi connectivity index (χ0) is 34.0. The number of anilines is 1. The van der Waals surface area contributed by atoms with Crippen molar-refractivity contribution in [3.63, 3.8) is 0 Å². The third kappa shape index (κ3) is 9.31. The van der Waals surface area contributed by atoms with Crippen LogP contribution >= 0.6 is 23.2 Å². The number of unbranched alkanes of at least 4 members (excludes halogenated alkanes) is 1. The van der Waals surface area contributed by atoms with Gasteiger partial charge in [-0.1, -0.05) is 97.2 Å². The first-order valence-electron chi connectivity index (χ1n) is 14.9. The van der Waals surface area contributed by atoms with Crippen LogP contribution in [0.5, 0.6) is 0 Å².